The lowest BCUT2D eigenvalue weighted by atomic mass is 9.74. The summed E-state index contributed by atoms with van der Waals surface area (Å²) >= 11 is 0. The van der Waals surface area contributed by atoms with Crippen LogP contribution in [0.15, 0.2) is 0 Å². The highest BCUT2D eigenvalue weighted by Crippen LogP contribution is 2.37. The quantitative estimate of drug-likeness (QED) is 0.847. The number of nitrogens with zero attached hydrogens (tertiary/aromatic N) is 2. The maximum atomic E-state index is 9.87. The van der Waals surface area contributed by atoms with E-state index in [9.17, 15) is 5.11 Å². The monoisotopic (exact) mass is 266 g/mol. The van der Waals surface area contributed by atoms with Gasteiger partial charge in [-0.2, -0.15) is 0 Å². The van der Waals surface area contributed by atoms with E-state index < -0.39 is 0 Å². The Bertz CT molecular complexity index is 288. The normalized spacial score (nSPS) is 33.0. The van der Waals surface area contributed by atoms with Crippen LogP contribution in [0.1, 0.15) is 51.4 Å². The van der Waals surface area contributed by atoms with Crippen molar-refractivity contribution < 1.29 is 5.11 Å². The van der Waals surface area contributed by atoms with E-state index in [2.05, 4.69) is 9.80 Å². The molecule has 0 aromatic rings. The van der Waals surface area contributed by atoms with Gasteiger partial charge in [0.15, 0.2) is 0 Å². The number of hydrogen-bond acceptors (Lipinski definition) is 3. The first-order chi connectivity index (χ1) is 9.31. The molecule has 3 fully saturated rings. The third-order valence-corrected chi connectivity index (χ3v) is 5.73. The number of hydrogen-bond donors (Lipinski definition) is 1. The molecule has 0 bridgehead atoms. The van der Waals surface area contributed by atoms with Crippen molar-refractivity contribution in [2.75, 3.05) is 39.3 Å². The first-order valence-corrected chi connectivity index (χ1v) is 8.39. The SMILES string of the molecule is OCC1(CN2CCN3CCCCC3C2)CCCCC1. The van der Waals surface area contributed by atoms with Gasteiger partial charge in [-0.1, -0.05) is 25.7 Å². The largest absolute Gasteiger partial charge is 0.396 e. The summed E-state index contributed by atoms with van der Waals surface area (Å²) < 4.78 is 0. The maximum absolute atomic E-state index is 9.87. The Morgan fingerprint density at radius 2 is 1.79 bits per heavy atom. The van der Waals surface area contributed by atoms with Crippen LogP contribution in [0.25, 0.3) is 0 Å². The highest BCUT2D eigenvalue weighted by Gasteiger charge is 2.36. The Balaban J connectivity index is 1.57. The molecule has 0 aromatic heterocycles. The van der Waals surface area contributed by atoms with Crippen LogP contribution in [-0.2, 0) is 0 Å². The van der Waals surface area contributed by atoms with Crippen molar-refractivity contribution in [3.05, 3.63) is 0 Å². The summed E-state index contributed by atoms with van der Waals surface area (Å²) in [6, 6.07) is 0.807. The average molecular weight is 266 g/mol. The van der Waals surface area contributed by atoms with E-state index in [0.717, 1.165) is 12.6 Å². The fourth-order valence-electron chi connectivity index (χ4n) is 4.51. The van der Waals surface area contributed by atoms with E-state index >= 15 is 0 Å². The van der Waals surface area contributed by atoms with Crippen LogP contribution in [0, 0.1) is 5.41 Å². The molecule has 1 aliphatic carbocycles. The molecule has 0 amide bonds. The molecular formula is C16H30N2O. The van der Waals surface area contributed by atoms with Gasteiger partial charge >= 0.3 is 0 Å². The molecule has 1 atom stereocenters. The lowest BCUT2D eigenvalue weighted by Gasteiger charge is -2.47. The minimum atomic E-state index is 0.231. The molecule has 0 aromatic carbocycles. The van der Waals surface area contributed by atoms with Gasteiger partial charge in [0.25, 0.3) is 0 Å². The van der Waals surface area contributed by atoms with Crippen LogP contribution in [0.2, 0.25) is 0 Å². The van der Waals surface area contributed by atoms with Crippen LogP contribution in [0.5, 0.6) is 0 Å². The summed E-state index contributed by atoms with van der Waals surface area (Å²) in [6.45, 7) is 6.60. The molecule has 2 saturated heterocycles. The number of piperazine rings is 1. The summed E-state index contributed by atoms with van der Waals surface area (Å²) in [6.07, 6.45) is 10.7. The van der Waals surface area contributed by atoms with Gasteiger partial charge in [0.2, 0.25) is 0 Å². The third-order valence-electron chi connectivity index (χ3n) is 5.73. The molecule has 3 nitrogen and oxygen atoms in total. The molecule has 19 heavy (non-hydrogen) atoms. The molecule has 3 rings (SSSR count). The highest BCUT2D eigenvalue weighted by molar-refractivity contribution is 4.90. The van der Waals surface area contributed by atoms with Gasteiger partial charge in [-0.25, -0.2) is 0 Å². The van der Waals surface area contributed by atoms with Crippen molar-refractivity contribution >= 4 is 0 Å². The van der Waals surface area contributed by atoms with E-state index in [1.807, 2.05) is 0 Å². The van der Waals surface area contributed by atoms with Gasteiger partial charge < -0.3 is 5.11 Å². The van der Waals surface area contributed by atoms with Crippen LogP contribution >= 0.6 is 0 Å². The fourth-order valence-corrected chi connectivity index (χ4v) is 4.51. The predicted octanol–water partition coefficient (Wildman–Crippen LogP) is 2.10. The Morgan fingerprint density at radius 3 is 2.58 bits per heavy atom. The molecule has 2 aliphatic heterocycles. The second-order valence-corrected chi connectivity index (χ2v) is 7.14. The summed E-state index contributed by atoms with van der Waals surface area (Å²) in [5.74, 6) is 0. The third kappa shape index (κ3) is 3.14. The number of piperidine rings is 1. The van der Waals surface area contributed by atoms with E-state index in [4.69, 9.17) is 0 Å². The van der Waals surface area contributed by atoms with Gasteiger partial charge in [-0.15, -0.1) is 0 Å². The summed E-state index contributed by atoms with van der Waals surface area (Å²) in [7, 11) is 0. The average Bonchev–Trinajstić information content (AvgIpc) is 2.48. The zero-order valence-corrected chi connectivity index (χ0v) is 12.3. The molecule has 3 heteroatoms. The lowest BCUT2D eigenvalue weighted by Crippen LogP contribution is -2.57. The van der Waals surface area contributed by atoms with Crippen LogP contribution in [0.4, 0.5) is 0 Å². The predicted molar refractivity (Wildman–Crippen MR) is 78.3 cm³/mol. The van der Waals surface area contributed by atoms with E-state index in [1.54, 1.807) is 0 Å². The standard InChI is InChI=1S/C16H30N2O/c19-14-16(7-3-1-4-8-16)13-17-10-11-18-9-5-2-6-15(18)12-17/h15,19H,1-14H2. The molecular weight excluding hydrogens is 236 g/mol. The fraction of sp³-hybridized carbons (Fsp3) is 1.00. The van der Waals surface area contributed by atoms with Crippen molar-refractivity contribution in [3.63, 3.8) is 0 Å². The minimum absolute atomic E-state index is 0.231. The molecule has 2 heterocycles. The van der Waals surface area contributed by atoms with Crippen molar-refractivity contribution in [2.24, 2.45) is 5.41 Å². The van der Waals surface area contributed by atoms with Gasteiger partial charge in [-0.05, 0) is 32.2 Å². The van der Waals surface area contributed by atoms with Gasteiger partial charge in [-0.3, -0.25) is 9.80 Å². The topological polar surface area (TPSA) is 26.7 Å². The number of aliphatic hydroxyl groups is 1. The number of fused-ring (bicyclic) bond motifs is 1. The zero-order valence-electron chi connectivity index (χ0n) is 12.3. The van der Waals surface area contributed by atoms with E-state index in [-0.39, 0.29) is 5.41 Å². The summed E-state index contributed by atoms with van der Waals surface area (Å²) in [4.78, 5) is 5.36. The Kier molecular flexibility index (Phi) is 4.45. The molecule has 1 saturated carbocycles. The molecule has 110 valence electrons. The maximum Gasteiger partial charge on any atom is 0.0499 e. The van der Waals surface area contributed by atoms with E-state index in [1.165, 1.54) is 77.5 Å². The Hall–Kier alpha value is -0.120. The van der Waals surface area contributed by atoms with Crippen molar-refractivity contribution in [1.82, 2.24) is 9.80 Å². The van der Waals surface area contributed by atoms with Gasteiger partial charge in [0.1, 0.15) is 0 Å². The molecule has 1 unspecified atom stereocenters. The van der Waals surface area contributed by atoms with E-state index in [0.29, 0.717) is 6.61 Å². The molecule has 1 N–H and O–H groups in total. The Labute approximate surface area is 118 Å². The summed E-state index contributed by atoms with van der Waals surface area (Å²) in [5.41, 5.74) is 0.231. The van der Waals surface area contributed by atoms with Crippen molar-refractivity contribution in [1.29, 1.82) is 0 Å². The second kappa shape index (κ2) is 6.11. The van der Waals surface area contributed by atoms with Crippen LogP contribution in [0.3, 0.4) is 0 Å². The van der Waals surface area contributed by atoms with Crippen LogP contribution in [-0.4, -0.2) is 60.3 Å². The molecule has 3 aliphatic rings. The van der Waals surface area contributed by atoms with Gasteiger partial charge in [0, 0.05) is 44.2 Å². The van der Waals surface area contributed by atoms with Crippen molar-refractivity contribution in [2.45, 2.75) is 57.4 Å². The minimum Gasteiger partial charge on any atom is -0.396 e. The molecule has 0 radical (unpaired) electrons. The number of aliphatic hydroxyl groups excluding tert-OH is 1. The summed E-state index contributed by atoms with van der Waals surface area (Å²) in [5, 5.41) is 9.87. The van der Waals surface area contributed by atoms with Crippen LogP contribution < -0.4 is 0 Å². The highest BCUT2D eigenvalue weighted by atomic mass is 16.3. The smallest absolute Gasteiger partial charge is 0.0499 e. The first-order valence-electron chi connectivity index (χ1n) is 8.39. The lowest BCUT2D eigenvalue weighted by molar-refractivity contribution is -0.00512. The van der Waals surface area contributed by atoms with Gasteiger partial charge in [0.05, 0.1) is 0 Å². The number of rotatable bonds is 3. The first kappa shape index (κ1) is 13.8. The second-order valence-electron chi connectivity index (χ2n) is 7.14. The van der Waals surface area contributed by atoms with Crippen molar-refractivity contribution in [3.8, 4) is 0 Å². The Morgan fingerprint density at radius 1 is 0.947 bits per heavy atom. The molecule has 0 spiro atoms. The zero-order chi connectivity index (χ0) is 13.1.